The minimum absolute atomic E-state index is 0.0945. The van der Waals surface area contributed by atoms with E-state index in [2.05, 4.69) is 4.72 Å². The van der Waals surface area contributed by atoms with E-state index in [1.807, 2.05) is 6.26 Å². The first-order chi connectivity index (χ1) is 8.90. The summed E-state index contributed by atoms with van der Waals surface area (Å²) in [4.78, 5) is -0.0945. The van der Waals surface area contributed by atoms with Crippen molar-refractivity contribution in [2.45, 2.75) is 17.4 Å². The van der Waals surface area contributed by atoms with Crippen LogP contribution < -0.4 is 4.72 Å². The molecule has 0 aliphatic heterocycles. The second-order valence-electron chi connectivity index (χ2n) is 3.86. The molecule has 0 bridgehead atoms. The van der Waals surface area contributed by atoms with E-state index in [9.17, 15) is 12.8 Å². The fraction of sp³-hybridized carbons (Fsp3) is 0.455. The number of nitrogens with one attached hydrogen (secondary N) is 1. The van der Waals surface area contributed by atoms with E-state index < -0.39 is 15.8 Å². The molecule has 1 aromatic rings. The van der Waals surface area contributed by atoms with Crippen molar-refractivity contribution in [3.05, 3.63) is 29.0 Å². The summed E-state index contributed by atoms with van der Waals surface area (Å²) in [6, 6.07) is 2.84. The summed E-state index contributed by atoms with van der Waals surface area (Å²) in [7, 11) is -3.77. The zero-order valence-corrected chi connectivity index (χ0v) is 12.7. The van der Waals surface area contributed by atoms with Crippen LogP contribution in [0.25, 0.3) is 0 Å². The van der Waals surface area contributed by atoms with Gasteiger partial charge >= 0.3 is 0 Å². The molecule has 0 unspecified atom stereocenters. The number of hydrogen-bond acceptors (Lipinski definition) is 4. The zero-order chi connectivity index (χ0) is 14.5. The van der Waals surface area contributed by atoms with E-state index in [0.29, 0.717) is 12.2 Å². The van der Waals surface area contributed by atoms with Crippen molar-refractivity contribution in [1.82, 2.24) is 4.72 Å². The topological polar surface area (TPSA) is 66.4 Å². The van der Waals surface area contributed by atoms with Gasteiger partial charge in [0.25, 0.3) is 0 Å². The van der Waals surface area contributed by atoms with Crippen LogP contribution in [-0.4, -0.2) is 38.2 Å². The van der Waals surface area contributed by atoms with Gasteiger partial charge in [-0.3, -0.25) is 0 Å². The molecule has 1 rings (SSSR count). The van der Waals surface area contributed by atoms with Crippen LogP contribution in [0.4, 0.5) is 4.39 Å². The van der Waals surface area contributed by atoms with Crippen molar-refractivity contribution in [2.24, 2.45) is 0 Å². The lowest BCUT2D eigenvalue weighted by atomic mass is 10.3. The van der Waals surface area contributed by atoms with Crippen molar-refractivity contribution in [3.63, 3.8) is 0 Å². The minimum Gasteiger partial charge on any atom is -0.396 e. The molecule has 0 aromatic heterocycles. The molecule has 1 atom stereocenters. The molecule has 0 heterocycles. The Morgan fingerprint density at radius 1 is 1.53 bits per heavy atom. The van der Waals surface area contributed by atoms with E-state index >= 15 is 0 Å². The molecular weight excluding hydrogens is 313 g/mol. The van der Waals surface area contributed by atoms with Crippen molar-refractivity contribution in [2.75, 3.05) is 18.6 Å². The first-order valence-electron chi connectivity index (χ1n) is 5.48. The molecule has 8 heteroatoms. The summed E-state index contributed by atoms with van der Waals surface area (Å²) in [5, 5.41) is 8.65. The van der Waals surface area contributed by atoms with Crippen LogP contribution in [0.5, 0.6) is 0 Å². The molecule has 0 saturated carbocycles. The lowest BCUT2D eigenvalue weighted by Gasteiger charge is -2.16. The van der Waals surface area contributed by atoms with Crippen molar-refractivity contribution < 1.29 is 17.9 Å². The standard InChI is InChI=1S/C11H15ClFNO3S2/c1-18-7-8(4-5-15)14-19(16,17)9-2-3-11(13)10(12)6-9/h2-3,6,8,14-15H,4-5,7H2,1H3/t8-/m1/s1. The third-order valence-corrected chi connectivity index (χ3v) is 4.91. The highest BCUT2D eigenvalue weighted by Crippen LogP contribution is 2.20. The SMILES string of the molecule is CSC[C@@H](CCO)NS(=O)(=O)c1ccc(F)c(Cl)c1. The maximum atomic E-state index is 13.0. The molecule has 1 aromatic carbocycles. The van der Waals surface area contributed by atoms with Gasteiger partial charge in [-0.2, -0.15) is 11.8 Å². The molecule has 0 saturated heterocycles. The quantitative estimate of drug-likeness (QED) is 0.802. The van der Waals surface area contributed by atoms with Crippen LogP contribution in [0.1, 0.15) is 6.42 Å². The van der Waals surface area contributed by atoms with Gasteiger partial charge in [0.1, 0.15) is 5.82 Å². The molecule has 0 aliphatic carbocycles. The van der Waals surface area contributed by atoms with Crippen LogP contribution in [0.2, 0.25) is 5.02 Å². The molecule has 108 valence electrons. The van der Waals surface area contributed by atoms with Crippen LogP contribution in [0.3, 0.4) is 0 Å². The summed E-state index contributed by atoms with van der Waals surface area (Å²) in [5.41, 5.74) is 0. The normalized spacial score (nSPS) is 13.5. The molecular formula is C11H15ClFNO3S2. The van der Waals surface area contributed by atoms with Crippen molar-refractivity contribution >= 4 is 33.4 Å². The Bertz CT molecular complexity index is 519. The maximum absolute atomic E-state index is 13.0. The molecule has 19 heavy (non-hydrogen) atoms. The fourth-order valence-electron chi connectivity index (χ4n) is 1.46. The van der Waals surface area contributed by atoms with Crippen LogP contribution in [0, 0.1) is 5.82 Å². The highest BCUT2D eigenvalue weighted by Gasteiger charge is 2.20. The Balaban J connectivity index is 2.92. The van der Waals surface area contributed by atoms with Crippen molar-refractivity contribution in [1.29, 1.82) is 0 Å². The summed E-state index contributed by atoms with van der Waals surface area (Å²) in [6.07, 6.45) is 2.16. The summed E-state index contributed by atoms with van der Waals surface area (Å²) in [5.74, 6) is -0.133. The Kier molecular flexibility index (Phi) is 6.55. The van der Waals surface area contributed by atoms with Gasteiger partial charge < -0.3 is 5.11 Å². The van der Waals surface area contributed by atoms with Gasteiger partial charge in [-0.25, -0.2) is 17.5 Å². The smallest absolute Gasteiger partial charge is 0.240 e. The largest absolute Gasteiger partial charge is 0.396 e. The second kappa shape index (κ2) is 7.44. The Morgan fingerprint density at radius 2 is 2.21 bits per heavy atom. The Hall–Kier alpha value is -0.340. The van der Waals surface area contributed by atoms with E-state index in [1.54, 1.807) is 0 Å². The number of benzene rings is 1. The van der Waals surface area contributed by atoms with Gasteiger partial charge in [0.15, 0.2) is 0 Å². The maximum Gasteiger partial charge on any atom is 0.240 e. The minimum atomic E-state index is -3.77. The molecule has 0 fully saturated rings. The zero-order valence-electron chi connectivity index (χ0n) is 10.3. The fourth-order valence-corrected chi connectivity index (χ4v) is 3.76. The first kappa shape index (κ1) is 16.7. The van der Waals surface area contributed by atoms with Crippen LogP contribution in [0.15, 0.2) is 23.1 Å². The number of thioether (sulfide) groups is 1. The highest BCUT2D eigenvalue weighted by molar-refractivity contribution is 7.98. The predicted molar refractivity (Wildman–Crippen MR) is 75.6 cm³/mol. The number of rotatable bonds is 7. The molecule has 0 spiro atoms. The third-order valence-electron chi connectivity index (χ3n) is 2.37. The molecule has 2 N–H and O–H groups in total. The van der Waals surface area contributed by atoms with Gasteiger partial charge in [0, 0.05) is 18.4 Å². The molecule has 0 aliphatic rings. The van der Waals surface area contributed by atoms with Gasteiger partial charge in [0.05, 0.1) is 9.92 Å². The van der Waals surface area contributed by atoms with Gasteiger partial charge in [-0.05, 0) is 30.9 Å². The van der Waals surface area contributed by atoms with Crippen molar-refractivity contribution in [3.8, 4) is 0 Å². The van der Waals surface area contributed by atoms with Gasteiger partial charge in [0.2, 0.25) is 10.0 Å². The monoisotopic (exact) mass is 327 g/mol. The number of hydrogen-bond donors (Lipinski definition) is 2. The lowest BCUT2D eigenvalue weighted by molar-refractivity contribution is 0.276. The van der Waals surface area contributed by atoms with Gasteiger partial charge in [-0.15, -0.1) is 0 Å². The Labute approximate surface area is 121 Å². The van der Waals surface area contributed by atoms with E-state index in [1.165, 1.54) is 11.8 Å². The van der Waals surface area contributed by atoms with Crippen LogP contribution >= 0.6 is 23.4 Å². The molecule has 0 radical (unpaired) electrons. The molecule has 0 amide bonds. The van der Waals surface area contributed by atoms with E-state index in [-0.39, 0.29) is 22.6 Å². The Morgan fingerprint density at radius 3 is 2.74 bits per heavy atom. The number of sulfonamides is 1. The highest BCUT2D eigenvalue weighted by atomic mass is 35.5. The van der Waals surface area contributed by atoms with Crippen LogP contribution in [-0.2, 0) is 10.0 Å². The average Bonchev–Trinajstić information content (AvgIpc) is 2.32. The average molecular weight is 328 g/mol. The number of aliphatic hydroxyl groups excluding tert-OH is 1. The number of aliphatic hydroxyl groups is 1. The summed E-state index contributed by atoms with van der Waals surface area (Å²) >= 11 is 7.03. The predicted octanol–water partition coefficient (Wildman–Crippen LogP) is 1.87. The second-order valence-corrected chi connectivity index (χ2v) is 6.89. The molecule has 4 nitrogen and oxygen atoms in total. The van der Waals surface area contributed by atoms with E-state index in [4.69, 9.17) is 16.7 Å². The lowest BCUT2D eigenvalue weighted by Crippen LogP contribution is -2.37. The first-order valence-corrected chi connectivity index (χ1v) is 8.73. The number of halogens is 2. The summed E-state index contributed by atoms with van der Waals surface area (Å²) in [6.45, 7) is -0.113. The summed E-state index contributed by atoms with van der Waals surface area (Å²) < 4.78 is 39.6. The third kappa shape index (κ3) is 4.92. The van der Waals surface area contributed by atoms with Gasteiger partial charge in [-0.1, -0.05) is 11.6 Å². The van der Waals surface area contributed by atoms with E-state index in [0.717, 1.165) is 18.2 Å².